The highest BCUT2D eigenvalue weighted by molar-refractivity contribution is 5.85. The van der Waals surface area contributed by atoms with Gasteiger partial charge in [0.1, 0.15) is 0 Å². The van der Waals surface area contributed by atoms with Crippen LogP contribution in [0, 0.1) is 23.7 Å². The summed E-state index contributed by atoms with van der Waals surface area (Å²) in [6.45, 7) is 1.01. The van der Waals surface area contributed by atoms with Crippen LogP contribution in [-0.2, 0) is 0 Å². The van der Waals surface area contributed by atoms with Gasteiger partial charge in [-0.2, -0.15) is 0 Å². The molecule has 0 aromatic heterocycles. The molecule has 0 aromatic carbocycles. The first-order valence-electron chi connectivity index (χ1n) is 10.0. The monoisotopic (exact) mass is 354 g/mol. The standard InChI is InChI=1S/C22H26N2.ClH/c1-2-4-20-15(3-1)7-8-17-16(14-5-6-14)9-10-18-19-13-23-12-11-21(19)24(20)22(17)18;/h1,3,7,11-12,14,16,18-20H,2,4-6,8-10,13H2;1H/t16?,18-,19-,20?;/m1./s1. The van der Waals surface area contributed by atoms with E-state index in [1.165, 1.54) is 44.9 Å². The van der Waals surface area contributed by atoms with Gasteiger partial charge in [-0.15, -0.1) is 12.4 Å². The van der Waals surface area contributed by atoms with Crippen LogP contribution >= 0.6 is 12.4 Å². The Bertz CT molecular complexity index is 737. The van der Waals surface area contributed by atoms with Crippen molar-refractivity contribution in [1.29, 1.82) is 0 Å². The summed E-state index contributed by atoms with van der Waals surface area (Å²) in [6, 6.07) is 0.589. The molecule has 1 saturated carbocycles. The average Bonchev–Trinajstić information content (AvgIpc) is 3.43. The second kappa shape index (κ2) is 5.87. The molecule has 2 fully saturated rings. The molecule has 3 aliphatic heterocycles. The summed E-state index contributed by atoms with van der Waals surface area (Å²) in [5.74, 6) is 3.28. The number of fused-ring (bicyclic) bond motifs is 5. The lowest BCUT2D eigenvalue weighted by Crippen LogP contribution is -2.35. The average molecular weight is 355 g/mol. The number of aliphatic imine (C=N–C) groups is 1. The third-order valence-corrected chi connectivity index (χ3v) is 7.33. The molecule has 2 nitrogen and oxygen atoms in total. The van der Waals surface area contributed by atoms with Crippen molar-refractivity contribution in [1.82, 2.24) is 4.90 Å². The highest BCUT2D eigenvalue weighted by Gasteiger charge is 2.51. The van der Waals surface area contributed by atoms with Crippen molar-refractivity contribution in [2.45, 2.75) is 51.0 Å². The Balaban J connectivity index is 0.00000140. The topological polar surface area (TPSA) is 15.6 Å². The molecule has 3 heterocycles. The lowest BCUT2D eigenvalue weighted by atomic mass is 9.73. The van der Waals surface area contributed by atoms with E-state index < -0.39 is 0 Å². The maximum atomic E-state index is 4.64. The van der Waals surface area contributed by atoms with Crippen molar-refractivity contribution in [3.8, 4) is 0 Å². The molecule has 0 amide bonds. The first kappa shape index (κ1) is 15.9. The van der Waals surface area contributed by atoms with Crippen LogP contribution in [0.25, 0.3) is 0 Å². The number of hydrogen-bond donors (Lipinski definition) is 0. The van der Waals surface area contributed by atoms with E-state index in [2.05, 4.69) is 40.4 Å². The van der Waals surface area contributed by atoms with Crippen LogP contribution in [-0.4, -0.2) is 23.7 Å². The van der Waals surface area contributed by atoms with Gasteiger partial charge in [-0.1, -0.05) is 18.2 Å². The molecule has 132 valence electrons. The molecule has 6 rings (SSSR count). The van der Waals surface area contributed by atoms with E-state index in [4.69, 9.17) is 0 Å². The van der Waals surface area contributed by atoms with Crippen LogP contribution in [0.5, 0.6) is 0 Å². The van der Waals surface area contributed by atoms with Crippen LogP contribution in [0.3, 0.4) is 0 Å². The molecular formula is C22H27ClN2. The molecule has 0 spiro atoms. The molecular weight excluding hydrogens is 328 g/mol. The zero-order valence-electron chi connectivity index (χ0n) is 14.7. The SMILES string of the molecule is C1=CC2=CCC3=C4[C@H](CCC3C3CC3)[C@H]3CN=CC=C3N4C2CC1.Cl. The lowest BCUT2D eigenvalue weighted by Gasteiger charge is -2.38. The first-order valence-corrected chi connectivity index (χ1v) is 10.0. The van der Waals surface area contributed by atoms with Crippen molar-refractivity contribution < 1.29 is 0 Å². The van der Waals surface area contributed by atoms with Crippen LogP contribution in [0.1, 0.15) is 44.9 Å². The summed E-state index contributed by atoms with van der Waals surface area (Å²) in [7, 11) is 0. The second-order valence-corrected chi connectivity index (χ2v) is 8.52. The van der Waals surface area contributed by atoms with Crippen LogP contribution in [0.2, 0.25) is 0 Å². The minimum atomic E-state index is 0. The Labute approximate surface area is 156 Å². The van der Waals surface area contributed by atoms with E-state index in [1.54, 1.807) is 17.0 Å². The van der Waals surface area contributed by atoms with Crippen molar-refractivity contribution in [2.24, 2.45) is 28.7 Å². The van der Waals surface area contributed by atoms with Gasteiger partial charge in [0.2, 0.25) is 0 Å². The van der Waals surface area contributed by atoms with Crippen LogP contribution < -0.4 is 0 Å². The predicted octanol–water partition coefficient (Wildman–Crippen LogP) is 5.05. The Morgan fingerprint density at radius 3 is 2.76 bits per heavy atom. The molecule has 0 aromatic rings. The largest absolute Gasteiger partial charge is 0.341 e. The van der Waals surface area contributed by atoms with Gasteiger partial charge in [-0.3, -0.25) is 4.99 Å². The van der Waals surface area contributed by atoms with Crippen molar-refractivity contribution in [2.75, 3.05) is 6.54 Å². The third kappa shape index (κ3) is 2.26. The third-order valence-electron chi connectivity index (χ3n) is 7.33. The zero-order valence-corrected chi connectivity index (χ0v) is 15.5. The van der Waals surface area contributed by atoms with Gasteiger partial charge < -0.3 is 4.90 Å². The molecule has 25 heavy (non-hydrogen) atoms. The number of hydrogen-bond acceptors (Lipinski definition) is 2. The maximum Gasteiger partial charge on any atom is 0.0585 e. The maximum absolute atomic E-state index is 4.64. The van der Waals surface area contributed by atoms with Crippen molar-refractivity contribution in [3.63, 3.8) is 0 Å². The highest BCUT2D eigenvalue weighted by Crippen LogP contribution is 2.58. The lowest BCUT2D eigenvalue weighted by molar-refractivity contribution is 0.308. The van der Waals surface area contributed by atoms with E-state index in [1.807, 2.05) is 5.57 Å². The molecule has 0 bridgehead atoms. The van der Waals surface area contributed by atoms with Crippen LogP contribution in [0.4, 0.5) is 0 Å². The normalized spacial score (nSPS) is 38.2. The Hall–Kier alpha value is -1.28. The van der Waals surface area contributed by atoms with Crippen molar-refractivity contribution in [3.05, 3.63) is 46.8 Å². The summed E-state index contributed by atoms with van der Waals surface area (Å²) < 4.78 is 0. The Morgan fingerprint density at radius 2 is 1.88 bits per heavy atom. The summed E-state index contributed by atoms with van der Waals surface area (Å²) in [4.78, 5) is 7.45. The molecule has 0 N–H and O–H groups in total. The minimum absolute atomic E-state index is 0. The van der Waals surface area contributed by atoms with Gasteiger partial charge in [-0.25, -0.2) is 0 Å². The van der Waals surface area contributed by atoms with E-state index in [0.29, 0.717) is 12.0 Å². The second-order valence-electron chi connectivity index (χ2n) is 8.52. The summed E-state index contributed by atoms with van der Waals surface area (Å²) in [6.07, 6.45) is 21.3. The number of halogens is 1. The molecule has 6 aliphatic rings. The predicted molar refractivity (Wildman–Crippen MR) is 105 cm³/mol. The zero-order chi connectivity index (χ0) is 15.7. The van der Waals surface area contributed by atoms with Crippen molar-refractivity contribution >= 4 is 18.6 Å². The van der Waals surface area contributed by atoms with Crippen LogP contribution in [0.15, 0.2) is 51.8 Å². The molecule has 2 unspecified atom stereocenters. The minimum Gasteiger partial charge on any atom is -0.341 e. The number of dihydropyridines is 1. The van der Waals surface area contributed by atoms with Gasteiger partial charge in [0.25, 0.3) is 0 Å². The Morgan fingerprint density at radius 1 is 1.00 bits per heavy atom. The fourth-order valence-electron chi connectivity index (χ4n) is 6.16. The number of rotatable bonds is 1. The summed E-state index contributed by atoms with van der Waals surface area (Å²) in [5, 5.41) is 0. The molecule has 3 aliphatic carbocycles. The van der Waals surface area contributed by atoms with E-state index in [-0.39, 0.29) is 12.4 Å². The smallest absolute Gasteiger partial charge is 0.0585 e. The van der Waals surface area contributed by atoms with Gasteiger partial charge in [-0.05, 0) is 74.0 Å². The fourth-order valence-corrected chi connectivity index (χ4v) is 6.16. The summed E-state index contributed by atoms with van der Waals surface area (Å²) in [5.41, 5.74) is 6.74. The summed E-state index contributed by atoms with van der Waals surface area (Å²) >= 11 is 0. The van der Waals surface area contributed by atoms with Gasteiger partial charge in [0, 0.05) is 36.0 Å². The van der Waals surface area contributed by atoms with E-state index >= 15 is 0 Å². The fraction of sp³-hybridized carbons (Fsp3) is 0.591. The van der Waals surface area contributed by atoms with E-state index in [0.717, 1.165) is 24.3 Å². The first-order chi connectivity index (χ1) is 11.9. The van der Waals surface area contributed by atoms with Gasteiger partial charge in [0.05, 0.1) is 6.04 Å². The molecule has 0 radical (unpaired) electrons. The Kier molecular flexibility index (Phi) is 3.74. The molecule has 3 heteroatoms. The van der Waals surface area contributed by atoms with E-state index in [9.17, 15) is 0 Å². The number of nitrogens with zero attached hydrogens (tertiary/aromatic N) is 2. The van der Waals surface area contributed by atoms with Gasteiger partial charge in [0.15, 0.2) is 0 Å². The van der Waals surface area contributed by atoms with Gasteiger partial charge >= 0.3 is 0 Å². The molecule has 1 saturated heterocycles. The highest BCUT2D eigenvalue weighted by atomic mass is 35.5. The number of allylic oxidation sites excluding steroid dienone is 5. The molecule has 4 atom stereocenters. The quantitative estimate of drug-likeness (QED) is 0.643.